The van der Waals surface area contributed by atoms with Gasteiger partial charge in [-0.1, -0.05) is 19.1 Å². The van der Waals surface area contributed by atoms with Crippen molar-refractivity contribution in [1.82, 2.24) is 9.80 Å². The molecule has 1 fully saturated rings. The molecule has 3 amide bonds. The van der Waals surface area contributed by atoms with E-state index in [9.17, 15) is 14.4 Å². The van der Waals surface area contributed by atoms with Gasteiger partial charge in [-0.3, -0.25) is 19.3 Å². The summed E-state index contributed by atoms with van der Waals surface area (Å²) in [4.78, 5) is 40.9. The summed E-state index contributed by atoms with van der Waals surface area (Å²) in [6.07, 6.45) is 0.880. The van der Waals surface area contributed by atoms with Crippen LogP contribution in [0.4, 0.5) is 0 Å². The molecule has 128 valence electrons. The maximum absolute atomic E-state index is 12.7. The summed E-state index contributed by atoms with van der Waals surface area (Å²) in [5.41, 5.74) is 0.947. The van der Waals surface area contributed by atoms with Crippen LogP contribution in [0.2, 0.25) is 0 Å². The summed E-state index contributed by atoms with van der Waals surface area (Å²) in [5, 5.41) is 0. The van der Waals surface area contributed by atoms with E-state index in [1.54, 1.807) is 24.3 Å². The van der Waals surface area contributed by atoms with E-state index in [1.165, 1.54) is 4.90 Å². The minimum Gasteiger partial charge on any atom is -0.343 e. The Balaban J connectivity index is 1.74. The van der Waals surface area contributed by atoms with Gasteiger partial charge in [0.05, 0.1) is 11.1 Å². The fraction of sp³-hybridized carbons (Fsp3) is 0.526. The SMILES string of the molecule is CCN(CC)C(=O)[C@H]1C(C)C[C@H]1CN1C(=O)c2ccccc2C1=O. The molecule has 1 unspecified atom stereocenters. The van der Waals surface area contributed by atoms with Crippen LogP contribution in [-0.2, 0) is 4.79 Å². The molecule has 0 spiro atoms. The van der Waals surface area contributed by atoms with Gasteiger partial charge in [-0.25, -0.2) is 0 Å². The fourth-order valence-corrected chi connectivity index (χ4v) is 4.06. The van der Waals surface area contributed by atoms with Crippen molar-refractivity contribution in [3.63, 3.8) is 0 Å². The van der Waals surface area contributed by atoms with Crippen LogP contribution in [0.25, 0.3) is 0 Å². The number of carbonyl (C=O) groups excluding carboxylic acids is 3. The molecule has 0 saturated heterocycles. The Hall–Kier alpha value is -2.17. The van der Waals surface area contributed by atoms with Gasteiger partial charge in [0.2, 0.25) is 5.91 Å². The number of nitrogens with zero attached hydrogens (tertiary/aromatic N) is 2. The molecule has 2 aliphatic rings. The zero-order valence-corrected chi connectivity index (χ0v) is 14.5. The van der Waals surface area contributed by atoms with E-state index in [2.05, 4.69) is 6.92 Å². The minimum atomic E-state index is -0.232. The highest BCUT2D eigenvalue weighted by molar-refractivity contribution is 6.21. The number of carbonyl (C=O) groups is 3. The highest BCUT2D eigenvalue weighted by Gasteiger charge is 2.47. The Bertz CT molecular complexity index is 646. The topological polar surface area (TPSA) is 57.7 Å². The third-order valence-corrected chi connectivity index (χ3v) is 5.45. The number of hydrogen-bond acceptors (Lipinski definition) is 3. The molecule has 1 aromatic carbocycles. The van der Waals surface area contributed by atoms with Gasteiger partial charge in [0.25, 0.3) is 11.8 Å². The number of hydrogen-bond donors (Lipinski definition) is 0. The lowest BCUT2D eigenvalue weighted by Gasteiger charge is -2.45. The second kappa shape index (κ2) is 6.38. The average molecular weight is 328 g/mol. The van der Waals surface area contributed by atoms with Gasteiger partial charge < -0.3 is 4.90 Å². The third kappa shape index (κ3) is 2.52. The molecule has 1 heterocycles. The van der Waals surface area contributed by atoms with Crippen molar-refractivity contribution in [2.45, 2.75) is 27.2 Å². The van der Waals surface area contributed by atoms with Crippen LogP contribution in [0.3, 0.4) is 0 Å². The monoisotopic (exact) mass is 328 g/mol. The molecular weight excluding hydrogens is 304 g/mol. The number of imide groups is 1. The number of benzene rings is 1. The molecule has 5 nitrogen and oxygen atoms in total. The van der Waals surface area contributed by atoms with Crippen LogP contribution in [-0.4, -0.2) is 47.2 Å². The molecule has 5 heteroatoms. The summed E-state index contributed by atoms with van der Waals surface area (Å²) >= 11 is 0. The summed E-state index contributed by atoms with van der Waals surface area (Å²) in [5.74, 6) is -0.0310. The van der Waals surface area contributed by atoms with Crippen molar-refractivity contribution < 1.29 is 14.4 Å². The van der Waals surface area contributed by atoms with Gasteiger partial charge in [-0.05, 0) is 44.2 Å². The molecule has 0 radical (unpaired) electrons. The van der Waals surface area contributed by atoms with E-state index in [-0.39, 0.29) is 29.6 Å². The molecule has 0 bridgehead atoms. The van der Waals surface area contributed by atoms with Crippen molar-refractivity contribution in [2.24, 2.45) is 17.8 Å². The van der Waals surface area contributed by atoms with Gasteiger partial charge in [-0.15, -0.1) is 0 Å². The third-order valence-electron chi connectivity index (χ3n) is 5.45. The number of amides is 3. The highest BCUT2D eigenvalue weighted by atomic mass is 16.2. The second-order valence-corrected chi connectivity index (χ2v) is 6.78. The minimum absolute atomic E-state index is 0.0651. The predicted molar refractivity (Wildman–Crippen MR) is 90.5 cm³/mol. The number of rotatable bonds is 5. The zero-order valence-electron chi connectivity index (χ0n) is 14.5. The standard InChI is InChI=1S/C19H24N2O3/c1-4-20(5-2)19(24)16-12(3)10-13(16)11-21-17(22)14-8-6-7-9-15(14)18(21)23/h6-9,12-13,16H,4-5,10-11H2,1-3H3/t12?,13-,16-/m0/s1. The molecule has 1 aliphatic carbocycles. The van der Waals surface area contributed by atoms with E-state index in [4.69, 9.17) is 0 Å². The first-order chi connectivity index (χ1) is 11.5. The van der Waals surface area contributed by atoms with E-state index in [0.29, 0.717) is 36.7 Å². The normalized spacial score (nSPS) is 25.5. The van der Waals surface area contributed by atoms with E-state index >= 15 is 0 Å². The van der Waals surface area contributed by atoms with Crippen LogP contribution in [0.5, 0.6) is 0 Å². The van der Waals surface area contributed by atoms with Gasteiger partial charge in [-0.2, -0.15) is 0 Å². The second-order valence-electron chi connectivity index (χ2n) is 6.78. The summed E-state index contributed by atoms with van der Waals surface area (Å²) in [6.45, 7) is 7.75. The Labute approximate surface area is 142 Å². The van der Waals surface area contributed by atoms with Crippen molar-refractivity contribution >= 4 is 17.7 Å². The lowest BCUT2D eigenvalue weighted by atomic mass is 9.64. The first-order valence-electron chi connectivity index (χ1n) is 8.73. The first kappa shape index (κ1) is 16.7. The molecule has 24 heavy (non-hydrogen) atoms. The average Bonchev–Trinajstić information content (AvgIpc) is 2.80. The zero-order chi connectivity index (χ0) is 17.4. The van der Waals surface area contributed by atoms with Crippen molar-refractivity contribution in [1.29, 1.82) is 0 Å². The summed E-state index contributed by atoms with van der Waals surface area (Å²) in [6, 6.07) is 6.92. The van der Waals surface area contributed by atoms with Gasteiger partial charge in [0.1, 0.15) is 0 Å². The Kier molecular flexibility index (Phi) is 4.43. The smallest absolute Gasteiger partial charge is 0.261 e. The molecule has 0 aromatic heterocycles. The van der Waals surface area contributed by atoms with Crippen molar-refractivity contribution in [2.75, 3.05) is 19.6 Å². The molecule has 1 aromatic rings. The van der Waals surface area contributed by atoms with Crippen molar-refractivity contribution in [3.8, 4) is 0 Å². The fourth-order valence-electron chi connectivity index (χ4n) is 4.06. The highest BCUT2D eigenvalue weighted by Crippen LogP contribution is 2.42. The van der Waals surface area contributed by atoms with E-state index in [0.717, 1.165) is 6.42 Å². The molecule has 1 saturated carbocycles. The molecule has 3 rings (SSSR count). The van der Waals surface area contributed by atoms with Crippen LogP contribution >= 0.6 is 0 Å². The maximum atomic E-state index is 12.7. The summed E-state index contributed by atoms with van der Waals surface area (Å²) < 4.78 is 0. The predicted octanol–water partition coefficient (Wildman–Crippen LogP) is 2.42. The van der Waals surface area contributed by atoms with Gasteiger partial charge >= 0.3 is 0 Å². The lowest BCUT2D eigenvalue weighted by Crippen LogP contribution is -2.52. The van der Waals surface area contributed by atoms with Crippen LogP contribution in [0, 0.1) is 17.8 Å². The van der Waals surface area contributed by atoms with Gasteiger partial charge in [0, 0.05) is 25.6 Å². The number of fused-ring (bicyclic) bond motifs is 1. The Morgan fingerprint density at radius 1 is 1.12 bits per heavy atom. The van der Waals surface area contributed by atoms with Crippen molar-refractivity contribution in [3.05, 3.63) is 35.4 Å². The molecule has 0 N–H and O–H groups in total. The van der Waals surface area contributed by atoms with Gasteiger partial charge in [0.15, 0.2) is 0 Å². The largest absolute Gasteiger partial charge is 0.343 e. The summed E-state index contributed by atoms with van der Waals surface area (Å²) in [7, 11) is 0. The Morgan fingerprint density at radius 3 is 2.12 bits per heavy atom. The van der Waals surface area contributed by atoms with Crippen LogP contribution in [0.1, 0.15) is 47.9 Å². The molecular formula is C19H24N2O3. The van der Waals surface area contributed by atoms with E-state index < -0.39 is 0 Å². The lowest BCUT2D eigenvalue weighted by molar-refractivity contribution is -0.145. The van der Waals surface area contributed by atoms with Crippen LogP contribution < -0.4 is 0 Å². The van der Waals surface area contributed by atoms with Crippen LogP contribution in [0.15, 0.2) is 24.3 Å². The Morgan fingerprint density at radius 2 is 1.67 bits per heavy atom. The molecule has 1 aliphatic heterocycles. The quantitative estimate of drug-likeness (QED) is 0.780. The molecule has 3 atom stereocenters. The maximum Gasteiger partial charge on any atom is 0.261 e. The van der Waals surface area contributed by atoms with E-state index in [1.807, 2.05) is 18.7 Å². The first-order valence-corrected chi connectivity index (χ1v) is 8.73.